The van der Waals surface area contributed by atoms with Gasteiger partial charge in [-0.25, -0.2) is 0 Å². The quantitative estimate of drug-likeness (QED) is 0.0257. The summed E-state index contributed by atoms with van der Waals surface area (Å²) in [4.78, 5) is 54.4. The Hall–Kier alpha value is -3.46. The summed E-state index contributed by atoms with van der Waals surface area (Å²) in [6.07, 6.45) is 50.2. The third-order valence-corrected chi connectivity index (χ3v) is 13.0. The molecule has 1 heterocycles. The summed E-state index contributed by atoms with van der Waals surface area (Å²) in [7, 11) is 2.02. The molecule has 0 aromatic heterocycles. The molecule has 1 aliphatic heterocycles. The van der Waals surface area contributed by atoms with E-state index in [2.05, 4.69) is 86.4 Å². The minimum Gasteiger partial charge on any atom is -0.462 e. The molecule has 2 aliphatic rings. The van der Waals surface area contributed by atoms with E-state index in [9.17, 15) is 19.2 Å². The number of rotatable bonds is 40. The van der Waals surface area contributed by atoms with E-state index < -0.39 is 6.10 Å². The maximum absolute atomic E-state index is 13.4. The largest absolute Gasteiger partial charge is 0.462 e. The van der Waals surface area contributed by atoms with Crippen molar-refractivity contribution >= 4 is 23.9 Å². The molecular formula is C57H95NO8. The number of likely N-dealkylation sites (tertiary alicyclic amines) is 1. The van der Waals surface area contributed by atoms with Crippen LogP contribution in [0.1, 0.15) is 213 Å². The smallest absolute Gasteiger partial charge is 0.310 e. The number of nitrogens with zero attached hydrogens (tertiary/aromatic N) is 1. The van der Waals surface area contributed by atoms with Crippen molar-refractivity contribution in [1.82, 2.24) is 4.90 Å². The molecule has 376 valence electrons. The van der Waals surface area contributed by atoms with E-state index in [0.717, 1.165) is 135 Å². The summed E-state index contributed by atoms with van der Waals surface area (Å²) in [6.45, 7) is 7.83. The highest BCUT2D eigenvalue weighted by atomic mass is 16.6. The van der Waals surface area contributed by atoms with Crippen molar-refractivity contribution in [2.75, 3.05) is 33.4 Å². The molecule has 0 aromatic carbocycles. The van der Waals surface area contributed by atoms with Crippen LogP contribution in [-0.4, -0.2) is 74.3 Å². The number of unbranched alkanes of at least 4 members (excludes halogenated alkanes) is 16. The second-order valence-corrected chi connectivity index (χ2v) is 19.0. The van der Waals surface area contributed by atoms with Crippen LogP contribution >= 0.6 is 0 Å². The minimum atomic E-state index is -0.877. The van der Waals surface area contributed by atoms with Crippen LogP contribution in [0.15, 0.2) is 60.8 Å². The lowest BCUT2D eigenvalue weighted by atomic mass is 9.88. The zero-order valence-electron chi connectivity index (χ0n) is 42.4. The Labute approximate surface area is 403 Å². The highest BCUT2D eigenvalue weighted by Gasteiger charge is 2.40. The second kappa shape index (κ2) is 40.6. The van der Waals surface area contributed by atoms with E-state index in [1.165, 1.54) is 51.4 Å². The van der Waals surface area contributed by atoms with Crippen molar-refractivity contribution in [2.45, 2.75) is 226 Å². The lowest BCUT2D eigenvalue weighted by Gasteiger charge is -2.25. The van der Waals surface area contributed by atoms with Crippen LogP contribution < -0.4 is 0 Å². The van der Waals surface area contributed by atoms with Gasteiger partial charge in [0.1, 0.15) is 19.3 Å². The average molecular weight is 922 g/mol. The van der Waals surface area contributed by atoms with Crippen molar-refractivity contribution < 1.29 is 38.1 Å². The monoisotopic (exact) mass is 922 g/mol. The van der Waals surface area contributed by atoms with Crippen LogP contribution in [0.3, 0.4) is 0 Å². The molecule has 2 fully saturated rings. The molecule has 2 rings (SSSR count). The molecule has 0 N–H and O–H groups in total. The fourth-order valence-electron chi connectivity index (χ4n) is 8.89. The SMILES string of the molecule is CC/C=C\CC1C(CC(=O)OCC(COC(=O)CCCCCCC/C=C\C/C=C\CCCCC)OC(=O)CCCCCCC/C=C\C/C=C\CCCCC)CCC1OC(=O)C1CCN(C)C1. The molecule has 1 saturated carbocycles. The number of ether oxygens (including phenoxy) is 4. The van der Waals surface area contributed by atoms with Gasteiger partial charge in [-0.3, -0.25) is 19.2 Å². The number of carbonyl (C=O) groups is 4. The average Bonchev–Trinajstić information content (AvgIpc) is 3.92. The molecule has 0 amide bonds. The van der Waals surface area contributed by atoms with Crippen molar-refractivity contribution in [3.8, 4) is 0 Å². The van der Waals surface area contributed by atoms with Crippen LogP contribution in [0, 0.1) is 17.8 Å². The van der Waals surface area contributed by atoms with E-state index in [1.807, 2.05) is 7.05 Å². The van der Waals surface area contributed by atoms with Gasteiger partial charge in [0, 0.05) is 31.7 Å². The zero-order chi connectivity index (χ0) is 47.7. The number of esters is 4. The van der Waals surface area contributed by atoms with Crippen molar-refractivity contribution in [2.24, 2.45) is 17.8 Å². The number of allylic oxidation sites excluding steroid dienone is 10. The highest BCUT2D eigenvalue weighted by Crippen LogP contribution is 2.40. The van der Waals surface area contributed by atoms with Gasteiger partial charge < -0.3 is 23.8 Å². The van der Waals surface area contributed by atoms with E-state index in [1.54, 1.807) is 0 Å². The molecule has 9 heteroatoms. The first-order valence-corrected chi connectivity index (χ1v) is 26.9. The van der Waals surface area contributed by atoms with E-state index in [0.29, 0.717) is 6.42 Å². The van der Waals surface area contributed by atoms with Crippen molar-refractivity contribution in [3.63, 3.8) is 0 Å². The van der Waals surface area contributed by atoms with Gasteiger partial charge in [-0.15, -0.1) is 0 Å². The van der Waals surface area contributed by atoms with Gasteiger partial charge in [0.05, 0.1) is 5.92 Å². The van der Waals surface area contributed by atoms with Crippen LogP contribution in [0.5, 0.6) is 0 Å². The Morgan fingerprint density at radius 1 is 0.561 bits per heavy atom. The Morgan fingerprint density at radius 3 is 1.61 bits per heavy atom. The van der Waals surface area contributed by atoms with Crippen LogP contribution in [0.4, 0.5) is 0 Å². The predicted molar refractivity (Wildman–Crippen MR) is 271 cm³/mol. The van der Waals surface area contributed by atoms with E-state index in [-0.39, 0.29) is 73.8 Å². The first kappa shape index (κ1) is 58.7. The van der Waals surface area contributed by atoms with Crippen molar-refractivity contribution in [1.29, 1.82) is 0 Å². The van der Waals surface area contributed by atoms with E-state index >= 15 is 0 Å². The zero-order valence-corrected chi connectivity index (χ0v) is 42.4. The Balaban J connectivity index is 1.80. The van der Waals surface area contributed by atoms with Gasteiger partial charge in [-0.1, -0.05) is 146 Å². The van der Waals surface area contributed by atoms with Gasteiger partial charge in [0.15, 0.2) is 6.10 Å². The summed E-state index contributed by atoms with van der Waals surface area (Å²) < 4.78 is 23.2. The summed E-state index contributed by atoms with van der Waals surface area (Å²) >= 11 is 0. The molecule has 0 aromatic rings. The normalized spacial score (nSPS) is 19.6. The molecule has 66 heavy (non-hydrogen) atoms. The van der Waals surface area contributed by atoms with Crippen LogP contribution in [-0.2, 0) is 38.1 Å². The van der Waals surface area contributed by atoms with Crippen molar-refractivity contribution in [3.05, 3.63) is 60.8 Å². The predicted octanol–water partition coefficient (Wildman–Crippen LogP) is 14.2. The molecular weight excluding hydrogens is 827 g/mol. The third kappa shape index (κ3) is 30.8. The highest BCUT2D eigenvalue weighted by molar-refractivity contribution is 5.73. The van der Waals surface area contributed by atoms with Crippen LogP contribution in [0.25, 0.3) is 0 Å². The number of hydrogen-bond acceptors (Lipinski definition) is 9. The minimum absolute atomic E-state index is 0.00367. The Bertz CT molecular complexity index is 1420. The first-order valence-electron chi connectivity index (χ1n) is 26.9. The van der Waals surface area contributed by atoms with Gasteiger partial charge in [0.2, 0.25) is 0 Å². The molecule has 5 atom stereocenters. The summed E-state index contributed by atoms with van der Waals surface area (Å²) in [5, 5.41) is 0. The lowest BCUT2D eigenvalue weighted by Crippen LogP contribution is -2.32. The molecule has 5 unspecified atom stereocenters. The first-order chi connectivity index (χ1) is 32.3. The van der Waals surface area contributed by atoms with Gasteiger partial charge >= 0.3 is 23.9 Å². The molecule has 0 radical (unpaired) electrons. The van der Waals surface area contributed by atoms with E-state index in [4.69, 9.17) is 18.9 Å². The number of hydrogen-bond donors (Lipinski definition) is 0. The molecule has 1 saturated heterocycles. The van der Waals surface area contributed by atoms with Gasteiger partial charge in [-0.05, 0) is 129 Å². The Morgan fingerprint density at radius 2 is 1.08 bits per heavy atom. The molecule has 1 aliphatic carbocycles. The standard InChI is InChI=1S/C57H95NO8/c1-5-8-11-13-15-17-19-21-23-25-27-29-31-33-36-39-54(59)63-47-51(65-55(60)40-37-34-32-30-28-26-24-22-20-18-16-14-12-9-6-2)48-64-56(61)45-49-41-42-53(52(49)38-35-10-7-3)66-57(62)50-43-44-58(4)46-50/h10,15-18,21-24,35,49-53H,5-9,11-14,19-20,25-34,36-48H2,1-4H3/b17-15-,18-16-,23-21-,24-22-,35-10-. The molecule has 0 spiro atoms. The molecule has 9 nitrogen and oxygen atoms in total. The fraction of sp³-hybridized carbons (Fsp3) is 0.754. The van der Waals surface area contributed by atoms with Gasteiger partial charge in [0.25, 0.3) is 0 Å². The second-order valence-electron chi connectivity index (χ2n) is 19.0. The topological polar surface area (TPSA) is 108 Å². The summed E-state index contributed by atoms with van der Waals surface area (Å²) in [5.41, 5.74) is 0. The third-order valence-electron chi connectivity index (χ3n) is 13.0. The lowest BCUT2D eigenvalue weighted by molar-refractivity contribution is -0.167. The Kier molecular flexibility index (Phi) is 36.1. The molecule has 0 bridgehead atoms. The maximum atomic E-state index is 13.4. The fourth-order valence-corrected chi connectivity index (χ4v) is 8.89. The maximum Gasteiger partial charge on any atom is 0.310 e. The summed E-state index contributed by atoms with van der Waals surface area (Å²) in [6, 6.07) is 0. The van der Waals surface area contributed by atoms with Gasteiger partial charge in [-0.2, -0.15) is 0 Å². The summed E-state index contributed by atoms with van der Waals surface area (Å²) in [5.74, 6) is -1.30. The van der Waals surface area contributed by atoms with Crippen LogP contribution in [0.2, 0.25) is 0 Å². The number of carbonyl (C=O) groups excluding carboxylic acids is 4.